The van der Waals surface area contributed by atoms with Crippen LogP contribution in [0.3, 0.4) is 0 Å². The molecule has 0 fully saturated rings. The van der Waals surface area contributed by atoms with E-state index in [1.54, 1.807) is 0 Å². The topological polar surface area (TPSA) is 59.3 Å². The summed E-state index contributed by atoms with van der Waals surface area (Å²) >= 11 is 4.76. The Bertz CT molecular complexity index is 852. The van der Waals surface area contributed by atoms with Crippen LogP contribution in [-0.2, 0) is 0 Å². The van der Waals surface area contributed by atoms with Crippen molar-refractivity contribution in [3.05, 3.63) is 45.1 Å². The number of thiazole rings is 1. The zero-order chi connectivity index (χ0) is 15.9. The van der Waals surface area contributed by atoms with Gasteiger partial charge in [-0.15, -0.1) is 10.2 Å². The summed E-state index contributed by atoms with van der Waals surface area (Å²) < 4.78 is 2.89. The molecule has 0 saturated carbocycles. The Balaban J connectivity index is 1.96. The maximum absolute atomic E-state index is 12.5. The Morgan fingerprint density at radius 1 is 1.36 bits per heavy atom. The Morgan fingerprint density at radius 3 is 2.82 bits per heavy atom. The summed E-state index contributed by atoms with van der Waals surface area (Å²) in [5, 5.41) is 11.3. The van der Waals surface area contributed by atoms with E-state index in [1.807, 2.05) is 35.6 Å². The Labute approximate surface area is 140 Å². The minimum atomic E-state index is -0.124. The number of halogens is 1. The van der Waals surface area contributed by atoms with Gasteiger partial charge in [0.1, 0.15) is 10.7 Å². The molecule has 0 unspecified atom stereocenters. The average Bonchev–Trinajstić information content (AvgIpc) is 2.99. The SMILES string of the molecule is Cc1c(C(=O)Nc2cccc(Br)c2)sc2nnc(C(C)C)n12. The summed E-state index contributed by atoms with van der Waals surface area (Å²) in [5.74, 6) is 1.01. The molecule has 0 spiro atoms. The zero-order valence-electron chi connectivity index (χ0n) is 12.4. The van der Waals surface area contributed by atoms with Gasteiger partial charge in [0.15, 0.2) is 0 Å². The Morgan fingerprint density at radius 2 is 2.14 bits per heavy atom. The first kappa shape index (κ1) is 15.2. The van der Waals surface area contributed by atoms with Crippen LogP contribution in [0.2, 0.25) is 0 Å². The number of hydrogen-bond donors (Lipinski definition) is 1. The zero-order valence-corrected chi connectivity index (χ0v) is 14.8. The number of benzene rings is 1. The van der Waals surface area contributed by atoms with Crippen molar-refractivity contribution < 1.29 is 4.79 Å². The summed E-state index contributed by atoms with van der Waals surface area (Å²) in [4.78, 5) is 13.9. The molecule has 114 valence electrons. The normalized spacial score (nSPS) is 11.3. The number of nitrogens with zero attached hydrogens (tertiary/aromatic N) is 3. The monoisotopic (exact) mass is 378 g/mol. The lowest BCUT2D eigenvalue weighted by Gasteiger charge is -2.06. The van der Waals surface area contributed by atoms with Crippen molar-refractivity contribution in [1.29, 1.82) is 0 Å². The van der Waals surface area contributed by atoms with Gasteiger partial charge >= 0.3 is 0 Å². The number of aryl methyl sites for hydroxylation is 1. The van der Waals surface area contributed by atoms with Gasteiger partial charge in [-0.3, -0.25) is 9.20 Å². The Hall–Kier alpha value is -1.73. The van der Waals surface area contributed by atoms with E-state index in [1.165, 1.54) is 11.3 Å². The highest BCUT2D eigenvalue weighted by Crippen LogP contribution is 2.26. The molecular weight excluding hydrogens is 364 g/mol. The van der Waals surface area contributed by atoms with E-state index < -0.39 is 0 Å². The van der Waals surface area contributed by atoms with Gasteiger partial charge in [-0.2, -0.15) is 0 Å². The third-order valence-electron chi connectivity index (χ3n) is 3.32. The van der Waals surface area contributed by atoms with Crippen molar-refractivity contribution in [2.45, 2.75) is 26.7 Å². The second-order valence-electron chi connectivity index (χ2n) is 5.31. The number of carbonyl (C=O) groups excluding carboxylic acids is 1. The number of aromatic nitrogens is 3. The molecule has 0 saturated heterocycles. The van der Waals surface area contributed by atoms with Crippen molar-refractivity contribution in [1.82, 2.24) is 14.6 Å². The molecule has 0 bridgehead atoms. The fourth-order valence-electron chi connectivity index (χ4n) is 2.27. The molecule has 0 radical (unpaired) electrons. The van der Waals surface area contributed by atoms with Crippen LogP contribution in [0.4, 0.5) is 5.69 Å². The number of rotatable bonds is 3. The third-order valence-corrected chi connectivity index (χ3v) is 4.95. The van der Waals surface area contributed by atoms with Crippen LogP contribution in [-0.4, -0.2) is 20.5 Å². The van der Waals surface area contributed by atoms with Gasteiger partial charge in [0, 0.05) is 21.8 Å². The third kappa shape index (κ3) is 2.66. The molecular formula is C15H15BrN4OS. The molecule has 0 atom stereocenters. The summed E-state index contributed by atoms with van der Waals surface area (Å²) in [6, 6.07) is 7.53. The van der Waals surface area contributed by atoms with Crippen molar-refractivity contribution in [3.63, 3.8) is 0 Å². The van der Waals surface area contributed by atoms with E-state index in [0.29, 0.717) is 4.88 Å². The molecule has 3 aromatic rings. The van der Waals surface area contributed by atoms with Gasteiger partial charge in [-0.1, -0.05) is 47.2 Å². The van der Waals surface area contributed by atoms with E-state index in [-0.39, 0.29) is 11.8 Å². The molecule has 3 rings (SSSR count). The van der Waals surface area contributed by atoms with Gasteiger partial charge in [0.05, 0.1) is 0 Å². The largest absolute Gasteiger partial charge is 0.321 e. The van der Waals surface area contributed by atoms with Crippen LogP contribution in [0.15, 0.2) is 28.7 Å². The van der Waals surface area contributed by atoms with Gasteiger partial charge in [0.25, 0.3) is 5.91 Å². The molecule has 1 aromatic carbocycles. The van der Waals surface area contributed by atoms with Crippen LogP contribution in [0.25, 0.3) is 4.96 Å². The number of anilines is 1. The second kappa shape index (κ2) is 5.81. The average molecular weight is 379 g/mol. The van der Waals surface area contributed by atoms with Crippen LogP contribution < -0.4 is 5.32 Å². The second-order valence-corrected chi connectivity index (χ2v) is 7.21. The first-order chi connectivity index (χ1) is 10.5. The lowest BCUT2D eigenvalue weighted by atomic mass is 10.2. The van der Waals surface area contributed by atoms with Gasteiger partial charge in [-0.25, -0.2) is 0 Å². The lowest BCUT2D eigenvalue weighted by molar-refractivity contribution is 0.102. The predicted molar refractivity (Wildman–Crippen MR) is 91.8 cm³/mol. The quantitative estimate of drug-likeness (QED) is 0.741. The summed E-state index contributed by atoms with van der Waals surface area (Å²) in [7, 11) is 0. The minimum absolute atomic E-state index is 0.124. The molecule has 1 amide bonds. The van der Waals surface area contributed by atoms with E-state index in [0.717, 1.165) is 26.6 Å². The van der Waals surface area contributed by atoms with Crippen molar-refractivity contribution in [3.8, 4) is 0 Å². The molecule has 2 heterocycles. The van der Waals surface area contributed by atoms with Gasteiger partial charge in [0.2, 0.25) is 4.96 Å². The van der Waals surface area contributed by atoms with Crippen LogP contribution in [0, 0.1) is 6.92 Å². The van der Waals surface area contributed by atoms with E-state index in [4.69, 9.17) is 0 Å². The number of carbonyl (C=O) groups is 1. The lowest BCUT2D eigenvalue weighted by Crippen LogP contribution is -2.12. The fourth-order valence-corrected chi connectivity index (χ4v) is 3.64. The molecule has 0 aliphatic carbocycles. The fraction of sp³-hybridized carbons (Fsp3) is 0.267. The summed E-state index contributed by atoms with van der Waals surface area (Å²) in [6.45, 7) is 6.05. The number of hydrogen-bond acceptors (Lipinski definition) is 4. The van der Waals surface area contributed by atoms with Crippen molar-refractivity contribution in [2.75, 3.05) is 5.32 Å². The van der Waals surface area contributed by atoms with Crippen LogP contribution in [0.5, 0.6) is 0 Å². The molecule has 5 nitrogen and oxygen atoms in total. The van der Waals surface area contributed by atoms with E-state index in [2.05, 4.69) is 45.3 Å². The highest BCUT2D eigenvalue weighted by Gasteiger charge is 2.21. The maximum atomic E-state index is 12.5. The number of nitrogens with one attached hydrogen (secondary N) is 1. The number of amides is 1. The van der Waals surface area contributed by atoms with Crippen molar-refractivity contribution in [2.24, 2.45) is 0 Å². The first-order valence-corrected chi connectivity index (χ1v) is 8.49. The Kier molecular flexibility index (Phi) is 4.01. The van der Waals surface area contributed by atoms with Gasteiger partial charge < -0.3 is 5.32 Å². The van der Waals surface area contributed by atoms with E-state index >= 15 is 0 Å². The standard InChI is InChI=1S/C15H15BrN4OS/c1-8(2)13-18-19-15-20(13)9(3)12(22-15)14(21)17-11-6-4-5-10(16)7-11/h4-8H,1-3H3,(H,17,21). The number of fused-ring (bicyclic) bond motifs is 1. The smallest absolute Gasteiger partial charge is 0.267 e. The molecule has 0 aliphatic heterocycles. The molecule has 7 heteroatoms. The highest BCUT2D eigenvalue weighted by atomic mass is 79.9. The maximum Gasteiger partial charge on any atom is 0.267 e. The predicted octanol–water partition coefficient (Wildman–Crippen LogP) is 4.24. The molecule has 1 N–H and O–H groups in total. The van der Waals surface area contributed by atoms with Gasteiger partial charge in [-0.05, 0) is 25.1 Å². The first-order valence-electron chi connectivity index (χ1n) is 6.88. The minimum Gasteiger partial charge on any atom is -0.321 e. The van der Waals surface area contributed by atoms with Crippen LogP contribution in [0.1, 0.15) is 41.0 Å². The summed E-state index contributed by atoms with van der Waals surface area (Å²) in [6.07, 6.45) is 0. The van der Waals surface area contributed by atoms with Crippen LogP contribution >= 0.6 is 27.3 Å². The van der Waals surface area contributed by atoms with Crippen molar-refractivity contribution >= 4 is 43.8 Å². The highest BCUT2D eigenvalue weighted by molar-refractivity contribution is 9.10. The molecule has 22 heavy (non-hydrogen) atoms. The summed E-state index contributed by atoms with van der Waals surface area (Å²) in [5.41, 5.74) is 1.63. The molecule has 0 aliphatic rings. The van der Waals surface area contributed by atoms with E-state index in [9.17, 15) is 4.79 Å². The molecule has 2 aromatic heterocycles.